The highest BCUT2D eigenvalue weighted by Gasteiger charge is 2.07. The second-order valence-electron chi connectivity index (χ2n) is 3.37. The summed E-state index contributed by atoms with van der Waals surface area (Å²) in [5.74, 6) is 0.558. The van der Waals surface area contributed by atoms with Crippen LogP contribution >= 0.6 is 0 Å². The van der Waals surface area contributed by atoms with Crippen molar-refractivity contribution >= 4 is 22.8 Å². The van der Waals surface area contributed by atoms with Crippen LogP contribution in [0.1, 0.15) is 5.76 Å². The molecule has 1 amide bonds. The van der Waals surface area contributed by atoms with Gasteiger partial charge in [0, 0.05) is 5.39 Å². The minimum atomic E-state index is -0.595. The van der Waals surface area contributed by atoms with Crippen molar-refractivity contribution in [2.45, 2.75) is 0 Å². The van der Waals surface area contributed by atoms with Gasteiger partial charge in [-0.25, -0.2) is 10.2 Å². The minimum Gasteiger partial charge on any atom is -0.454 e. The molecule has 5 heteroatoms. The molecule has 2 rings (SSSR count). The summed E-state index contributed by atoms with van der Waals surface area (Å²) >= 11 is 0. The zero-order valence-corrected chi connectivity index (χ0v) is 9.32. The molecule has 17 heavy (non-hydrogen) atoms. The first-order valence-electron chi connectivity index (χ1n) is 4.98. The van der Waals surface area contributed by atoms with Gasteiger partial charge in [0.25, 0.3) is 0 Å². The Labute approximate surface area is 98.0 Å². The third-order valence-corrected chi connectivity index (χ3v) is 2.22. The van der Waals surface area contributed by atoms with Crippen LogP contribution in [-0.2, 0) is 4.74 Å². The Morgan fingerprint density at radius 1 is 1.35 bits per heavy atom. The number of carbonyl (C=O) groups excluding carboxylic acids is 1. The van der Waals surface area contributed by atoms with Crippen molar-refractivity contribution in [2.24, 2.45) is 0 Å². The van der Waals surface area contributed by atoms with E-state index in [0.29, 0.717) is 11.5 Å². The number of rotatable bonds is 3. The molecule has 0 saturated heterocycles. The molecule has 0 aliphatic rings. The lowest BCUT2D eigenvalue weighted by atomic mass is 10.2. The van der Waals surface area contributed by atoms with Gasteiger partial charge in [-0.15, -0.1) is 0 Å². The molecule has 5 nitrogen and oxygen atoms in total. The zero-order valence-electron chi connectivity index (χ0n) is 9.32. The summed E-state index contributed by atoms with van der Waals surface area (Å²) in [4.78, 5) is 10.9. The number of carbonyl (C=O) groups is 1. The van der Waals surface area contributed by atoms with Gasteiger partial charge in [0.15, 0.2) is 5.76 Å². The van der Waals surface area contributed by atoms with Crippen LogP contribution in [0, 0.1) is 0 Å². The van der Waals surface area contributed by atoms with E-state index in [2.05, 4.69) is 22.2 Å². The molecule has 0 radical (unpaired) electrons. The normalized spacial score (nSPS) is 9.94. The van der Waals surface area contributed by atoms with Crippen molar-refractivity contribution in [3.8, 4) is 0 Å². The van der Waals surface area contributed by atoms with Crippen LogP contribution in [0.25, 0.3) is 16.7 Å². The van der Waals surface area contributed by atoms with Crippen molar-refractivity contribution in [3.63, 3.8) is 0 Å². The monoisotopic (exact) mass is 232 g/mol. The lowest BCUT2D eigenvalue weighted by Crippen LogP contribution is -2.35. The van der Waals surface area contributed by atoms with Gasteiger partial charge in [-0.3, -0.25) is 5.43 Å². The standard InChI is InChI=1S/C12H12N2O3/c1-8(13-14-12(15)16-2)11-7-9-5-3-4-6-10(9)17-11/h3-7,13H,1H2,2H3,(H,14,15). The molecular weight excluding hydrogens is 220 g/mol. The molecular formula is C12H12N2O3. The van der Waals surface area contributed by atoms with Gasteiger partial charge < -0.3 is 9.15 Å². The van der Waals surface area contributed by atoms with E-state index in [0.717, 1.165) is 11.0 Å². The zero-order chi connectivity index (χ0) is 12.3. The molecule has 0 aliphatic heterocycles. The maximum Gasteiger partial charge on any atom is 0.425 e. The highest BCUT2D eigenvalue weighted by Crippen LogP contribution is 2.21. The van der Waals surface area contributed by atoms with E-state index in [1.165, 1.54) is 7.11 Å². The van der Waals surface area contributed by atoms with Crippen LogP contribution in [0.4, 0.5) is 4.79 Å². The number of methoxy groups -OCH3 is 1. The fraction of sp³-hybridized carbons (Fsp3) is 0.0833. The summed E-state index contributed by atoms with van der Waals surface area (Å²) in [5, 5.41) is 0.975. The molecule has 0 atom stereocenters. The highest BCUT2D eigenvalue weighted by molar-refractivity contribution is 5.81. The van der Waals surface area contributed by atoms with Crippen molar-refractivity contribution in [1.82, 2.24) is 10.9 Å². The van der Waals surface area contributed by atoms with Crippen LogP contribution in [0.5, 0.6) is 0 Å². The van der Waals surface area contributed by atoms with E-state index >= 15 is 0 Å². The van der Waals surface area contributed by atoms with Gasteiger partial charge in [0.1, 0.15) is 5.58 Å². The van der Waals surface area contributed by atoms with Gasteiger partial charge in [0.2, 0.25) is 0 Å². The second kappa shape index (κ2) is 4.61. The maximum atomic E-state index is 10.9. The second-order valence-corrected chi connectivity index (χ2v) is 3.37. The van der Waals surface area contributed by atoms with Crippen molar-refractivity contribution in [2.75, 3.05) is 7.11 Å². The Balaban J connectivity index is 2.11. The Hall–Kier alpha value is -2.43. The molecule has 0 unspecified atom stereocenters. The third-order valence-electron chi connectivity index (χ3n) is 2.22. The molecule has 0 bridgehead atoms. The summed E-state index contributed by atoms with van der Waals surface area (Å²) in [6.45, 7) is 3.75. The number of fused-ring (bicyclic) bond motifs is 1. The Bertz CT molecular complexity index is 527. The summed E-state index contributed by atoms with van der Waals surface area (Å²) in [6, 6.07) is 9.44. The number of benzene rings is 1. The first-order chi connectivity index (χ1) is 8.20. The number of hydrogen-bond donors (Lipinski definition) is 2. The molecule has 0 saturated carbocycles. The van der Waals surface area contributed by atoms with E-state index in [-0.39, 0.29) is 0 Å². The number of nitrogens with one attached hydrogen (secondary N) is 2. The summed E-state index contributed by atoms with van der Waals surface area (Å²) in [7, 11) is 1.28. The largest absolute Gasteiger partial charge is 0.454 e. The number of amides is 1. The first-order valence-corrected chi connectivity index (χ1v) is 4.98. The average Bonchev–Trinajstić information content (AvgIpc) is 2.79. The molecule has 0 spiro atoms. The van der Waals surface area contributed by atoms with Crippen LogP contribution in [-0.4, -0.2) is 13.2 Å². The maximum absolute atomic E-state index is 10.9. The van der Waals surface area contributed by atoms with Gasteiger partial charge >= 0.3 is 6.09 Å². The molecule has 1 aromatic heterocycles. The molecule has 0 fully saturated rings. The average molecular weight is 232 g/mol. The van der Waals surface area contributed by atoms with Crippen LogP contribution in [0.3, 0.4) is 0 Å². The number of hydrogen-bond acceptors (Lipinski definition) is 4. The van der Waals surface area contributed by atoms with E-state index in [1.54, 1.807) is 0 Å². The lowest BCUT2D eigenvalue weighted by molar-refractivity contribution is 0.168. The predicted octanol–water partition coefficient (Wildman–Crippen LogP) is 2.26. The van der Waals surface area contributed by atoms with E-state index in [4.69, 9.17) is 4.42 Å². The molecule has 88 valence electrons. The Morgan fingerprint density at radius 2 is 2.12 bits per heavy atom. The van der Waals surface area contributed by atoms with Crippen LogP contribution in [0.2, 0.25) is 0 Å². The van der Waals surface area contributed by atoms with Crippen LogP contribution < -0.4 is 10.9 Å². The van der Waals surface area contributed by atoms with Crippen LogP contribution in [0.15, 0.2) is 41.3 Å². The number of hydrazine groups is 1. The van der Waals surface area contributed by atoms with E-state index in [9.17, 15) is 4.79 Å². The van der Waals surface area contributed by atoms with E-state index < -0.39 is 6.09 Å². The molecule has 1 heterocycles. The van der Waals surface area contributed by atoms with Gasteiger partial charge in [-0.1, -0.05) is 24.8 Å². The lowest BCUT2D eigenvalue weighted by Gasteiger charge is -2.07. The SMILES string of the molecule is C=C(NNC(=O)OC)c1cc2ccccc2o1. The predicted molar refractivity (Wildman–Crippen MR) is 63.9 cm³/mol. The quantitative estimate of drug-likeness (QED) is 0.797. The Morgan fingerprint density at radius 3 is 2.82 bits per heavy atom. The minimum absolute atomic E-state index is 0.451. The summed E-state index contributed by atoms with van der Waals surface area (Å²) < 4.78 is 9.95. The smallest absolute Gasteiger partial charge is 0.425 e. The van der Waals surface area contributed by atoms with Gasteiger partial charge in [0.05, 0.1) is 12.8 Å². The summed E-state index contributed by atoms with van der Waals surface area (Å²) in [5.41, 5.74) is 6.12. The van der Waals surface area contributed by atoms with Crippen molar-refractivity contribution < 1.29 is 13.9 Å². The fourth-order valence-electron chi connectivity index (χ4n) is 1.37. The molecule has 1 aromatic carbocycles. The number of para-hydroxylation sites is 1. The molecule has 0 aliphatic carbocycles. The number of ether oxygens (including phenoxy) is 1. The Kier molecular flexibility index (Phi) is 3.00. The number of furan rings is 1. The molecule has 2 N–H and O–H groups in total. The first kappa shape index (κ1) is 11.1. The van der Waals surface area contributed by atoms with Crippen molar-refractivity contribution in [1.29, 1.82) is 0 Å². The van der Waals surface area contributed by atoms with Crippen molar-refractivity contribution in [3.05, 3.63) is 42.7 Å². The van der Waals surface area contributed by atoms with Gasteiger partial charge in [-0.05, 0) is 12.1 Å². The van der Waals surface area contributed by atoms with Gasteiger partial charge in [-0.2, -0.15) is 0 Å². The third kappa shape index (κ3) is 2.39. The molecule has 2 aromatic rings. The highest BCUT2D eigenvalue weighted by atomic mass is 16.5. The van der Waals surface area contributed by atoms with E-state index in [1.807, 2.05) is 30.3 Å². The summed E-state index contributed by atoms with van der Waals surface area (Å²) in [6.07, 6.45) is -0.595. The fourth-order valence-corrected chi connectivity index (χ4v) is 1.37. The topological polar surface area (TPSA) is 63.5 Å².